The number of carbonyl (C=O) groups is 1. The Morgan fingerprint density at radius 3 is 2.50 bits per heavy atom. The first-order valence-corrected chi connectivity index (χ1v) is 9.36. The number of ketones is 1. The Hall–Kier alpha value is -2.64. The van der Waals surface area contributed by atoms with Crippen molar-refractivity contribution in [1.82, 2.24) is 4.90 Å². The zero-order chi connectivity index (χ0) is 20.1. The van der Waals surface area contributed by atoms with Crippen LogP contribution in [0.4, 0.5) is 10.1 Å². The molecule has 1 aliphatic heterocycles. The van der Waals surface area contributed by atoms with Crippen LogP contribution in [0.2, 0.25) is 0 Å². The van der Waals surface area contributed by atoms with E-state index < -0.39 is 10.5 Å². The summed E-state index contributed by atoms with van der Waals surface area (Å²) >= 11 is 0. The van der Waals surface area contributed by atoms with Crippen LogP contribution in [0.5, 0.6) is 0 Å². The summed E-state index contributed by atoms with van der Waals surface area (Å²) in [5.74, 6) is -0.369. The number of benzene rings is 2. The third-order valence-corrected chi connectivity index (χ3v) is 5.32. The van der Waals surface area contributed by atoms with Gasteiger partial charge in [-0.05, 0) is 55.6 Å². The van der Waals surface area contributed by atoms with Gasteiger partial charge in [0.1, 0.15) is 5.82 Å². The molecule has 1 fully saturated rings. The average molecular weight is 386 g/mol. The van der Waals surface area contributed by atoms with Gasteiger partial charge in [-0.3, -0.25) is 14.9 Å². The summed E-state index contributed by atoms with van der Waals surface area (Å²) in [6.07, 6.45) is 2.04. The number of likely N-dealkylation sites (tertiary alicyclic amines) is 1. The third-order valence-electron chi connectivity index (χ3n) is 5.32. The number of carbonyl (C=O) groups excluding carboxylic acids is 1. The molecule has 28 heavy (non-hydrogen) atoms. The van der Waals surface area contributed by atoms with Crippen molar-refractivity contribution in [2.24, 2.45) is 0 Å². The number of halogens is 1. The summed E-state index contributed by atoms with van der Waals surface area (Å²) in [6.45, 7) is 2.05. The van der Waals surface area contributed by atoms with E-state index >= 15 is 0 Å². The molecule has 0 amide bonds. The smallest absolute Gasteiger partial charge is 0.269 e. The van der Waals surface area contributed by atoms with Crippen molar-refractivity contribution in [3.63, 3.8) is 0 Å². The number of piperidine rings is 1. The second-order valence-corrected chi connectivity index (χ2v) is 7.21. The maximum absolute atomic E-state index is 12.9. The highest BCUT2D eigenvalue weighted by molar-refractivity contribution is 5.95. The first-order valence-electron chi connectivity index (χ1n) is 9.36. The summed E-state index contributed by atoms with van der Waals surface area (Å²) in [6, 6.07) is 11.7. The van der Waals surface area contributed by atoms with E-state index in [0.717, 1.165) is 6.54 Å². The number of hydrogen-bond acceptors (Lipinski definition) is 5. The van der Waals surface area contributed by atoms with Crippen molar-refractivity contribution < 1.29 is 19.2 Å². The normalized spacial score (nSPS) is 16.6. The highest BCUT2D eigenvalue weighted by Gasteiger charge is 2.34. The zero-order valence-corrected chi connectivity index (χ0v) is 15.5. The monoisotopic (exact) mass is 386 g/mol. The lowest BCUT2D eigenvalue weighted by Gasteiger charge is -2.38. The van der Waals surface area contributed by atoms with Crippen molar-refractivity contribution in [2.45, 2.75) is 31.3 Å². The second kappa shape index (κ2) is 8.58. The predicted octanol–water partition coefficient (Wildman–Crippen LogP) is 3.68. The molecule has 0 aromatic heterocycles. The Morgan fingerprint density at radius 2 is 1.86 bits per heavy atom. The van der Waals surface area contributed by atoms with Crippen LogP contribution in [0.25, 0.3) is 0 Å². The number of non-ortho nitro benzene ring substituents is 1. The molecule has 0 unspecified atom stereocenters. The van der Waals surface area contributed by atoms with E-state index in [1.54, 1.807) is 12.1 Å². The Morgan fingerprint density at radius 1 is 1.18 bits per heavy atom. The van der Waals surface area contributed by atoms with E-state index in [9.17, 15) is 24.4 Å². The van der Waals surface area contributed by atoms with E-state index in [4.69, 9.17) is 0 Å². The molecule has 1 aliphatic rings. The first kappa shape index (κ1) is 20.1. The molecule has 0 spiro atoms. The van der Waals surface area contributed by atoms with Crippen LogP contribution in [-0.2, 0) is 5.60 Å². The summed E-state index contributed by atoms with van der Waals surface area (Å²) in [5.41, 5.74) is 0.00695. The average Bonchev–Trinajstić information content (AvgIpc) is 2.70. The molecule has 3 rings (SSSR count). The lowest BCUT2D eigenvalue weighted by atomic mass is 9.84. The van der Waals surface area contributed by atoms with Gasteiger partial charge < -0.3 is 10.0 Å². The van der Waals surface area contributed by atoms with Crippen LogP contribution < -0.4 is 0 Å². The molecule has 0 atom stereocenters. The van der Waals surface area contributed by atoms with Crippen LogP contribution in [0.15, 0.2) is 48.5 Å². The van der Waals surface area contributed by atoms with Gasteiger partial charge in [0.2, 0.25) is 0 Å². The van der Waals surface area contributed by atoms with Crippen molar-refractivity contribution in [3.05, 3.63) is 75.6 Å². The molecule has 2 aromatic carbocycles. The minimum atomic E-state index is -1.06. The molecule has 1 heterocycles. The Balaban J connectivity index is 1.48. The number of rotatable bonds is 7. The number of aliphatic hydroxyl groups is 1. The molecular formula is C21H23FN2O4. The topological polar surface area (TPSA) is 83.7 Å². The van der Waals surface area contributed by atoms with Crippen LogP contribution in [0.1, 0.15) is 41.6 Å². The summed E-state index contributed by atoms with van der Waals surface area (Å²) < 4.78 is 12.9. The molecular weight excluding hydrogens is 363 g/mol. The van der Waals surface area contributed by atoms with Gasteiger partial charge in [0.25, 0.3) is 5.69 Å². The van der Waals surface area contributed by atoms with E-state index in [2.05, 4.69) is 4.90 Å². The van der Waals surface area contributed by atoms with E-state index in [-0.39, 0.29) is 17.3 Å². The summed E-state index contributed by atoms with van der Waals surface area (Å²) in [7, 11) is 0. The first-order chi connectivity index (χ1) is 13.4. The largest absolute Gasteiger partial charge is 0.385 e. The standard InChI is InChI=1S/C21H23FN2O4/c22-18-8-6-16(7-9-18)20(25)5-2-12-23-13-10-21(26,11-14-23)17-3-1-4-19(15-17)24(27)28/h1,3-4,6-9,15,26H,2,5,10-14H2. The molecule has 148 valence electrons. The van der Waals surface area contributed by atoms with E-state index in [1.807, 2.05) is 0 Å². The summed E-state index contributed by atoms with van der Waals surface area (Å²) in [4.78, 5) is 24.8. The second-order valence-electron chi connectivity index (χ2n) is 7.21. The van der Waals surface area contributed by atoms with Crippen molar-refractivity contribution in [1.29, 1.82) is 0 Å². The van der Waals surface area contributed by atoms with Crippen LogP contribution in [-0.4, -0.2) is 40.3 Å². The van der Waals surface area contributed by atoms with Gasteiger partial charge >= 0.3 is 0 Å². The minimum absolute atomic E-state index is 0.00916. The highest BCUT2D eigenvalue weighted by Crippen LogP contribution is 2.34. The van der Waals surface area contributed by atoms with Gasteiger partial charge in [-0.1, -0.05) is 12.1 Å². The van der Waals surface area contributed by atoms with Gasteiger partial charge in [0.15, 0.2) is 5.78 Å². The fraction of sp³-hybridized carbons (Fsp3) is 0.381. The molecule has 7 heteroatoms. The summed E-state index contributed by atoms with van der Waals surface area (Å²) in [5, 5.41) is 21.9. The molecule has 0 saturated carbocycles. The number of nitro groups is 1. The lowest BCUT2D eigenvalue weighted by molar-refractivity contribution is -0.385. The maximum Gasteiger partial charge on any atom is 0.269 e. The van der Waals surface area contributed by atoms with Crippen LogP contribution in [0, 0.1) is 15.9 Å². The van der Waals surface area contributed by atoms with Gasteiger partial charge in [0, 0.05) is 37.2 Å². The van der Waals surface area contributed by atoms with Gasteiger partial charge in [-0.2, -0.15) is 0 Å². The molecule has 1 saturated heterocycles. The highest BCUT2D eigenvalue weighted by atomic mass is 19.1. The fourth-order valence-corrected chi connectivity index (χ4v) is 3.59. The zero-order valence-electron chi connectivity index (χ0n) is 15.5. The maximum atomic E-state index is 12.9. The van der Waals surface area contributed by atoms with Gasteiger partial charge in [-0.15, -0.1) is 0 Å². The molecule has 2 aromatic rings. The molecule has 1 N–H and O–H groups in total. The quantitative estimate of drug-likeness (QED) is 0.446. The Kier molecular flexibility index (Phi) is 6.16. The molecule has 0 aliphatic carbocycles. The SMILES string of the molecule is O=C(CCCN1CCC(O)(c2cccc([N+](=O)[O-])c2)CC1)c1ccc(F)cc1. The Labute approximate surface area is 162 Å². The minimum Gasteiger partial charge on any atom is -0.385 e. The van der Waals surface area contributed by atoms with Gasteiger partial charge in [0.05, 0.1) is 10.5 Å². The fourth-order valence-electron chi connectivity index (χ4n) is 3.59. The Bertz CT molecular complexity index is 846. The third kappa shape index (κ3) is 4.79. The van der Waals surface area contributed by atoms with E-state index in [1.165, 1.54) is 36.4 Å². The van der Waals surface area contributed by atoms with Crippen LogP contribution >= 0.6 is 0 Å². The van der Waals surface area contributed by atoms with E-state index in [0.29, 0.717) is 49.9 Å². The van der Waals surface area contributed by atoms with Crippen molar-refractivity contribution in [2.75, 3.05) is 19.6 Å². The number of hydrogen-bond donors (Lipinski definition) is 1. The number of nitrogens with zero attached hydrogens (tertiary/aromatic N) is 2. The molecule has 6 nitrogen and oxygen atoms in total. The number of nitro benzene ring substituents is 1. The number of Topliss-reactive ketones (excluding diaryl/α,β-unsaturated/α-hetero) is 1. The van der Waals surface area contributed by atoms with Crippen LogP contribution in [0.3, 0.4) is 0 Å². The predicted molar refractivity (Wildman–Crippen MR) is 103 cm³/mol. The lowest BCUT2D eigenvalue weighted by Crippen LogP contribution is -2.43. The van der Waals surface area contributed by atoms with Crippen molar-refractivity contribution >= 4 is 11.5 Å². The molecule has 0 radical (unpaired) electrons. The van der Waals surface area contributed by atoms with Crippen molar-refractivity contribution in [3.8, 4) is 0 Å². The van der Waals surface area contributed by atoms with Gasteiger partial charge in [-0.25, -0.2) is 4.39 Å². The molecule has 0 bridgehead atoms.